The van der Waals surface area contributed by atoms with Crippen LogP contribution in [0.3, 0.4) is 0 Å². The summed E-state index contributed by atoms with van der Waals surface area (Å²) in [5.74, 6) is 0.164. The van der Waals surface area contributed by atoms with E-state index in [-0.39, 0.29) is 24.4 Å². The molecule has 0 saturated carbocycles. The largest absolute Gasteiger partial charge is 0.340 e. The second-order valence-corrected chi connectivity index (χ2v) is 5.46. The molecular formula is C15H24ClN3O. The molecule has 1 aromatic rings. The highest BCUT2D eigenvalue weighted by Crippen LogP contribution is 2.11. The van der Waals surface area contributed by atoms with Crippen molar-refractivity contribution >= 4 is 18.3 Å². The second-order valence-electron chi connectivity index (χ2n) is 5.46. The number of carbonyl (C=O) groups excluding carboxylic acids is 1. The highest BCUT2D eigenvalue weighted by Gasteiger charge is 2.22. The summed E-state index contributed by atoms with van der Waals surface area (Å²) in [6.45, 7) is 5.00. The number of halogens is 1. The molecule has 1 aliphatic heterocycles. The van der Waals surface area contributed by atoms with Crippen LogP contribution in [0.4, 0.5) is 0 Å². The number of likely N-dealkylation sites (tertiary alicyclic amines) is 1. The SMILES string of the molecule is Cc1ccccc1CN(C)C(=O)CN1CC[C@H](N)C1.Cl. The minimum atomic E-state index is 0. The smallest absolute Gasteiger partial charge is 0.236 e. The molecule has 4 nitrogen and oxygen atoms in total. The molecule has 1 amide bonds. The van der Waals surface area contributed by atoms with Gasteiger partial charge >= 0.3 is 0 Å². The van der Waals surface area contributed by atoms with Crippen molar-refractivity contribution in [2.45, 2.75) is 25.9 Å². The van der Waals surface area contributed by atoms with E-state index in [2.05, 4.69) is 24.0 Å². The molecule has 2 rings (SSSR count). The fourth-order valence-corrected chi connectivity index (χ4v) is 2.45. The van der Waals surface area contributed by atoms with Crippen molar-refractivity contribution in [2.24, 2.45) is 5.73 Å². The fraction of sp³-hybridized carbons (Fsp3) is 0.533. The van der Waals surface area contributed by atoms with Crippen molar-refractivity contribution in [3.05, 3.63) is 35.4 Å². The Balaban J connectivity index is 0.00000200. The summed E-state index contributed by atoms with van der Waals surface area (Å²) in [5.41, 5.74) is 8.29. The Bertz CT molecular complexity index is 452. The topological polar surface area (TPSA) is 49.6 Å². The molecule has 1 heterocycles. The molecule has 1 fully saturated rings. The van der Waals surface area contributed by atoms with Gasteiger partial charge in [-0.05, 0) is 24.5 Å². The summed E-state index contributed by atoms with van der Waals surface area (Å²) < 4.78 is 0. The van der Waals surface area contributed by atoms with Crippen LogP contribution in [0.1, 0.15) is 17.5 Å². The van der Waals surface area contributed by atoms with Crippen molar-refractivity contribution in [3.8, 4) is 0 Å². The molecule has 1 atom stereocenters. The van der Waals surface area contributed by atoms with Gasteiger partial charge in [0.25, 0.3) is 0 Å². The van der Waals surface area contributed by atoms with Crippen molar-refractivity contribution in [1.29, 1.82) is 0 Å². The number of aryl methyl sites for hydroxylation is 1. The first-order chi connectivity index (χ1) is 9.06. The molecule has 1 aromatic carbocycles. The molecule has 20 heavy (non-hydrogen) atoms. The summed E-state index contributed by atoms with van der Waals surface area (Å²) in [6, 6.07) is 8.42. The van der Waals surface area contributed by atoms with E-state index in [0.29, 0.717) is 13.1 Å². The second kappa shape index (κ2) is 7.62. The average molecular weight is 298 g/mol. The number of nitrogens with two attached hydrogens (primary N) is 1. The minimum Gasteiger partial charge on any atom is -0.340 e. The van der Waals surface area contributed by atoms with Crippen LogP contribution in [-0.2, 0) is 11.3 Å². The lowest BCUT2D eigenvalue weighted by atomic mass is 10.1. The maximum absolute atomic E-state index is 12.2. The Kier molecular flexibility index (Phi) is 6.46. The van der Waals surface area contributed by atoms with Crippen LogP contribution in [0.2, 0.25) is 0 Å². The number of rotatable bonds is 4. The highest BCUT2D eigenvalue weighted by molar-refractivity contribution is 5.85. The molecule has 5 heteroatoms. The van der Waals surface area contributed by atoms with Gasteiger partial charge in [0.2, 0.25) is 5.91 Å². The van der Waals surface area contributed by atoms with E-state index in [1.807, 2.05) is 19.2 Å². The molecule has 0 radical (unpaired) electrons. The fourth-order valence-electron chi connectivity index (χ4n) is 2.45. The number of nitrogens with zero attached hydrogens (tertiary/aromatic N) is 2. The van der Waals surface area contributed by atoms with Crippen molar-refractivity contribution in [2.75, 3.05) is 26.7 Å². The first-order valence-corrected chi connectivity index (χ1v) is 6.82. The third-order valence-corrected chi connectivity index (χ3v) is 3.76. The predicted octanol–water partition coefficient (Wildman–Crippen LogP) is 1.41. The Labute approximate surface area is 127 Å². The summed E-state index contributed by atoms with van der Waals surface area (Å²) in [7, 11) is 1.87. The summed E-state index contributed by atoms with van der Waals surface area (Å²) in [4.78, 5) is 16.1. The zero-order chi connectivity index (χ0) is 13.8. The third-order valence-electron chi connectivity index (χ3n) is 3.76. The lowest BCUT2D eigenvalue weighted by molar-refractivity contribution is -0.131. The van der Waals surface area contributed by atoms with E-state index in [9.17, 15) is 4.79 Å². The molecule has 1 saturated heterocycles. The molecule has 1 aliphatic rings. The molecule has 2 N–H and O–H groups in total. The number of benzene rings is 1. The van der Waals surface area contributed by atoms with Gasteiger partial charge < -0.3 is 10.6 Å². The zero-order valence-corrected chi connectivity index (χ0v) is 13.0. The summed E-state index contributed by atoms with van der Waals surface area (Å²) >= 11 is 0. The Morgan fingerprint density at radius 2 is 2.15 bits per heavy atom. The number of carbonyl (C=O) groups is 1. The van der Waals surface area contributed by atoms with E-state index in [4.69, 9.17) is 5.73 Å². The van der Waals surface area contributed by atoms with Gasteiger partial charge in [-0.15, -0.1) is 12.4 Å². The minimum absolute atomic E-state index is 0. The van der Waals surface area contributed by atoms with Gasteiger partial charge in [0, 0.05) is 32.7 Å². The number of likely N-dealkylation sites (N-methyl/N-ethyl adjacent to an activating group) is 1. The Hall–Kier alpha value is -1.10. The standard InChI is InChI=1S/C15H23N3O.ClH/c1-12-5-3-4-6-13(12)9-17(2)15(19)11-18-8-7-14(16)10-18;/h3-6,14H,7-11,16H2,1-2H3;1H/t14-;/m0./s1. The van der Waals surface area contributed by atoms with Gasteiger partial charge in [-0.3, -0.25) is 9.69 Å². The van der Waals surface area contributed by atoms with Gasteiger partial charge in [-0.25, -0.2) is 0 Å². The quantitative estimate of drug-likeness (QED) is 0.914. The van der Waals surface area contributed by atoms with Gasteiger partial charge in [0.1, 0.15) is 0 Å². The van der Waals surface area contributed by atoms with Crippen LogP contribution >= 0.6 is 12.4 Å². The number of hydrogen-bond donors (Lipinski definition) is 1. The van der Waals surface area contributed by atoms with E-state index in [1.54, 1.807) is 4.90 Å². The van der Waals surface area contributed by atoms with Gasteiger partial charge in [0.05, 0.1) is 6.54 Å². The maximum Gasteiger partial charge on any atom is 0.236 e. The van der Waals surface area contributed by atoms with Crippen LogP contribution in [0, 0.1) is 6.92 Å². The summed E-state index contributed by atoms with van der Waals surface area (Å²) in [6.07, 6.45) is 0.995. The average Bonchev–Trinajstić information content (AvgIpc) is 2.77. The first kappa shape index (κ1) is 17.0. The molecule has 0 bridgehead atoms. The Morgan fingerprint density at radius 3 is 2.75 bits per heavy atom. The van der Waals surface area contributed by atoms with Gasteiger partial charge in [-0.2, -0.15) is 0 Å². The van der Waals surface area contributed by atoms with E-state index in [1.165, 1.54) is 11.1 Å². The lowest BCUT2D eigenvalue weighted by Gasteiger charge is -2.22. The van der Waals surface area contributed by atoms with Crippen molar-refractivity contribution in [3.63, 3.8) is 0 Å². The Morgan fingerprint density at radius 1 is 1.45 bits per heavy atom. The molecule has 0 unspecified atom stereocenters. The van der Waals surface area contributed by atoms with Crippen LogP contribution in [-0.4, -0.2) is 48.4 Å². The van der Waals surface area contributed by atoms with Crippen LogP contribution < -0.4 is 5.73 Å². The van der Waals surface area contributed by atoms with Crippen molar-refractivity contribution in [1.82, 2.24) is 9.80 Å². The molecule has 112 valence electrons. The van der Waals surface area contributed by atoms with Crippen LogP contribution in [0.5, 0.6) is 0 Å². The van der Waals surface area contributed by atoms with Crippen molar-refractivity contribution < 1.29 is 4.79 Å². The number of amides is 1. The van der Waals surface area contributed by atoms with E-state index >= 15 is 0 Å². The zero-order valence-electron chi connectivity index (χ0n) is 12.2. The van der Waals surface area contributed by atoms with E-state index in [0.717, 1.165) is 19.5 Å². The molecule has 0 aliphatic carbocycles. The highest BCUT2D eigenvalue weighted by atomic mass is 35.5. The third kappa shape index (κ3) is 4.47. The van der Waals surface area contributed by atoms with Crippen LogP contribution in [0.25, 0.3) is 0 Å². The lowest BCUT2D eigenvalue weighted by Crippen LogP contribution is -2.38. The first-order valence-electron chi connectivity index (χ1n) is 6.82. The predicted molar refractivity (Wildman–Crippen MR) is 83.9 cm³/mol. The molecule has 0 aromatic heterocycles. The van der Waals surface area contributed by atoms with Gasteiger partial charge in [0.15, 0.2) is 0 Å². The monoisotopic (exact) mass is 297 g/mol. The number of hydrogen-bond acceptors (Lipinski definition) is 3. The summed E-state index contributed by atoms with van der Waals surface area (Å²) in [5, 5.41) is 0. The molecule has 0 spiro atoms. The van der Waals surface area contributed by atoms with Crippen LogP contribution in [0.15, 0.2) is 24.3 Å². The van der Waals surface area contributed by atoms with Gasteiger partial charge in [-0.1, -0.05) is 24.3 Å². The molecular weight excluding hydrogens is 274 g/mol. The normalized spacial score (nSPS) is 18.6. The maximum atomic E-state index is 12.2. The van der Waals surface area contributed by atoms with E-state index < -0.39 is 0 Å².